The molecule has 158 valence electrons. The Balaban J connectivity index is 1.66. The highest BCUT2D eigenvalue weighted by Crippen LogP contribution is 2.32. The zero-order valence-corrected chi connectivity index (χ0v) is 17.7. The third kappa shape index (κ3) is 4.63. The fourth-order valence-electron chi connectivity index (χ4n) is 3.57. The van der Waals surface area contributed by atoms with Gasteiger partial charge in [-0.25, -0.2) is 4.39 Å². The second kappa shape index (κ2) is 9.80. The highest BCUT2D eigenvalue weighted by molar-refractivity contribution is 6.01. The van der Waals surface area contributed by atoms with Gasteiger partial charge in [0.1, 0.15) is 12.4 Å². The molecule has 4 rings (SSSR count). The maximum absolute atomic E-state index is 13.9. The third-order valence-corrected chi connectivity index (χ3v) is 5.12. The van der Waals surface area contributed by atoms with E-state index in [4.69, 9.17) is 9.47 Å². The summed E-state index contributed by atoms with van der Waals surface area (Å²) in [5.74, 6) is 0.766. The summed E-state index contributed by atoms with van der Waals surface area (Å²) in [4.78, 5) is 0. The Morgan fingerprint density at radius 1 is 0.906 bits per heavy atom. The van der Waals surface area contributed by atoms with Gasteiger partial charge in [-0.1, -0.05) is 66.7 Å². The monoisotopic (exact) mass is 423 g/mol. The van der Waals surface area contributed by atoms with Gasteiger partial charge in [0.05, 0.1) is 18.2 Å². The molecule has 0 heterocycles. The second-order valence-electron chi connectivity index (χ2n) is 7.22. The predicted molar refractivity (Wildman–Crippen MR) is 126 cm³/mol. The van der Waals surface area contributed by atoms with Gasteiger partial charge in [-0.15, -0.1) is 0 Å². The molecule has 0 saturated carbocycles. The lowest BCUT2D eigenvalue weighted by atomic mass is 9.97. The molecule has 0 aliphatic heterocycles. The first-order chi connectivity index (χ1) is 15.7. The Bertz CT molecular complexity index is 1320. The molecule has 0 aromatic heterocycles. The van der Waals surface area contributed by atoms with Crippen molar-refractivity contribution < 1.29 is 13.9 Å². The topological polar surface area (TPSA) is 42.2 Å². The van der Waals surface area contributed by atoms with E-state index in [1.165, 1.54) is 6.07 Å². The van der Waals surface area contributed by atoms with Crippen LogP contribution in [0.5, 0.6) is 11.5 Å². The van der Waals surface area contributed by atoms with Crippen LogP contribution in [0.15, 0.2) is 84.9 Å². The number of hydrogen-bond donors (Lipinski definition) is 0. The van der Waals surface area contributed by atoms with Crippen molar-refractivity contribution in [1.29, 1.82) is 5.26 Å². The Morgan fingerprint density at radius 2 is 1.69 bits per heavy atom. The van der Waals surface area contributed by atoms with E-state index in [0.29, 0.717) is 29.2 Å². The van der Waals surface area contributed by atoms with Crippen LogP contribution in [0.3, 0.4) is 0 Å². The third-order valence-electron chi connectivity index (χ3n) is 5.12. The van der Waals surface area contributed by atoms with Crippen LogP contribution in [0.4, 0.5) is 4.39 Å². The molecule has 0 unspecified atom stereocenters. The summed E-state index contributed by atoms with van der Waals surface area (Å²) in [6.45, 7) is 2.44. The van der Waals surface area contributed by atoms with Crippen molar-refractivity contribution in [1.82, 2.24) is 0 Å². The predicted octanol–water partition coefficient (Wildman–Crippen LogP) is 7.02. The minimum absolute atomic E-state index is 0.0986. The van der Waals surface area contributed by atoms with E-state index in [0.717, 1.165) is 21.9 Å². The van der Waals surface area contributed by atoms with Crippen LogP contribution >= 0.6 is 0 Å². The van der Waals surface area contributed by atoms with Crippen molar-refractivity contribution in [3.05, 3.63) is 107 Å². The second-order valence-corrected chi connectivity index (χ2v) is 7.22. The summed E-state index contributed by atoms with van der Waals surface area (Å²) in [6.07, 6.45) is 1.84. The number of allylic oxidation sites excluding steroid dienone is 1. The summed E-state index contributed by atoms with van der Waals surface area (Å²) in [6, 6.07) is 28.3. The fourth-order valence-corrected chi connectivity index (χ4v) is 3.57. The molecule has 0 aliphatic carbocycles. The van der Waals surface area contributed by atoms with Gasteiger partial charge in [-0.05, 0) is 47.5 Å². The quantitative estimate of drug-likeness (QED) is 0.237. The Hall–Kier alpha value is -4.10. The van der Waals surface area contributed by atoms with E-state index < -0.39 is 0 Å². The van der Waals surface area contributed by atoms with Crippen LogP contribution in [0.25, 0.3) is 22.4 Å². The first kappa shape index (κ1) is 21.1. The average molecular weight is 423 g/mol. The van der Waals surface area contributed by atoms with E-state index in [9.17, 15) is 9.65 Å². The molecule has 4 aromatic rings. The molecular weight excluding hydrogens is 401 g/mol. The van der Waals surface area contributed by atoms with Crippen LogP contribution in [-0.4, -0.2) is 6.61 Å². The fraction of sp³-hybridized carbons (Fsp3) is 0.107. The zero-order valence-electron chi connectivity index (χ0n) is 17.7. The minimum Gasteiger partial charge on any atom is -0.490 e. The molecule has 0 atom stereocenters. The smallest absolute Gasteiger partial charge is 0.161 e. The van der Waals surface area contributed by atoms with E-state index in [1.807, 2.05) is 67.6 Å². The number of benzene rings is 4. The van der Waals surface area contributed by atoms with Crippen LogP contribution < -0.4 is 9.47 Å². The lowest BCUT2D eigenvalue weighted by Gasteiger charge is -2.13. The van der Waals surface area contributed by atoms with Gasteiger partial charge in [-0.2, -0.15) is 5.26 Å². The van der Waals surface area contributed by atoms with E-state index in [-0.39, 0.29) is 12.4 Å². The van der Waals surface area contributed by atoms with Crippen molar-refractivity contribution in [3.8, 4) is 17.6 Å². The maximum Gasteiger partial charge on any atom is 0.161 e. The molecule has 0 N–H and O–H groups in total. The number of halogens is 1. The highest BCUT2D eigenvalue weighted by Gasteiger charge is 2.10. The highest BCUT2D eigenvalue weighted by atomic mass is 19.1. The molecule has 0 fully saturated rings. The molecule has 0 amide bonds. The number of hydrogen-bond acceptors (Lipinski definition) is 3. The number of nitriles is 1. The largest absolute Gasteiger partial charge is 0.490 e. The van der Waals surface area contributed by atoms with Crippen LogP contribution in [0.2, 0.25) is 0 Å². The number of fused-ring (bicyclic) bond motifs is 1. The lowest BCUT2D eigenvalue weighted by molar-refractivity contribution is 0.266. The average Bonchev–Trinajstić information content (AvgIpc) is 2.83. The first-order valence-corrected chi connectivity index (χ1v) is 10.4. The Morgan fingerprint density at radius 3 is 2.50 bits per heavy atom. The van der Waals surface area contributed by atoms with Crippen molar-refractivity contribution >= 4 is 22.4 Å². The standard InChI is InChI=1S/C28H22FNO2/c1-2-31-28-17-20(14-15-27(28)32-19-22-9-4-6-13-26(22)29)16-23(18-30)25-12-7-10-21-8-3-5-11-24(21)25/h3-17H,2,19H2,1H3/b23-16-. The van der Waals surface area contributed by atoms with Gasteiger partial charge in [-0.3, -0.25) is 0 Å². The zero-order chi connectivity index (χ0) is 22.3. The molecule has 0 spiro atoms. The van der Waals surface area contributed by atoms with Gasteiger partial charge in [0.25, 0.3) is 0 Å². The summed E-state index contributed by atoms with van der Waals surface area (Å²) < 4.78 is 25.5. The molecule has 32 heavy (non-hydrogen) atoms. The van der Waals surface area contributed by atoms with Crippen molar-refractivity contribution in [2.24, 2.45) is 0 Å². The van der Waals surface area contributed by atoms with Gasteiger partial charge < -0.3 is 9.47 Å². The van der Waals surface area contributed by atoms with Gasteiger partial charge >= 0.3 is 0 Å². The molecule has 0 aliphatic rings. The lowest BCUT2D eigenvalue weighted by Crippen LogP contribution is -2.01. The van der Waals surface area contributed by atoms with Crippen molar-refractivity contribution in [2.45, 2.75) is 13.5 Å². The van der Waals surface area contributed by atoms with Gasteiger partial charge in [0, 0.05) is 11.1 Å². The molecule has 0 saturated heterocycles. The molecule has 4 aromatic carbocycles. The Labute approximate surface area is 187 Å². The maximum atomic E-state index is 13.9. The van der Waals surface area contributed by atoms with Gasteiger partial charge in [0.2, 0.25) is 0 Å². The normalized spacial score (nSPS) is 11.2. The summed E-state index contributed by atoms with van der Waals surface area (Å²) in [7, 11) is 0. The van der Waals surface area contributed by atoms with E-state index in [1.54, 1.807) is 24.3 Å². The SMILES string of the molecule is CCOc1cc(/C=C(/C#N)c2cccc3ccccc23)ccc1OCc1ccccc1F. The number of nitrogens with zero attached hydrogens (tertiary/aromatic N) is 1. The Kier molecular flexibility index (Phi) is 6.48. The molecule has 0 bridgehead atoms. The molecule has 3 nitrogen and oxygen atoms in total. The van der Waals surface area contributed by atoms with Crippen LogP contribution in [0.1, 0.15) is 23.6 Å². The van der Waals surface area contributed by atoms with Crippen LogP contribution in [-0.2, 0) is 6.61 Å². The summed E-state index contributed by atoms with van der Waals surface area (Å²) in [5, 5.41) is 12.0. The van der Waals surface area contributed by atoms with E-state index >= 15 is 0 Å². The van der Waals surface area contributed by atoms with Gasteiger partial charge in [0.15, 0.2) is 11.5 Å². The molecule has 0 radical (unpaired) electrons. The van der Waals surface area contributed by atoms with E-state index in [2.05, 4.69) is 6.07 Å². The molecule has 4 heteroatoms. The van der Waals surface area contributed by atoms with Crippen molar-refractivity contribution in [3.63, 3.8) is 0 Å². The first-order valence-electron chi connectivity index (χ1n) is 10.4. The molecular formula is C28H22FNO2. The minimum atomic E-state index is -0.307. The number of rotatable bonds is 7. The summed E-state index contributed by atoms with van der Waals surface area (Å²) >= 11 is 0. The summed E-state index contributed by atoms with van der Waals surface area (Å²) in [5.41, 5.74) is 2.73. The van der Waals surface area contributed by atoms with Crippen molar-refractivity contribution in [2.75, 3.05) is 6.61 Å². The number of ether oxygens (including phenoxy) is 2. The van der Waals surface area contributed by atoms with Crippen LogP contribution in [0, 0.1) is 17.1 Å².